The molecule has 1 aromatic heterocycles. The molecule has 1 heterocycles. The van der Waals surface area contributed by atoms with Crippen LogP contribution in [0.15, 0.2) is 37.9 Å². The number of ether oxygens (including phenoxy) is 1. The summed E-state index contributed by atoms with van der Waals surface area (Å²) >= 11 is 3.32. The molecule has 2 rings (SSSR count). The lowest BCUT2D eigenvalue weighted by molar-refractivity contribution is -0.145. The van der Waals surface area contributed by atoms with E-state index >= 15 is 0 Å². The van der Waals surface area contributed by atoms with Crippen LogP contribution in [-0.4, -0.2) is 37.0 Å². The van der Waals surface area contributed by atoms with E-state index in [4.69, 9.17) is 9.15 Å². The lowest BCUT2D eigenvalue weighted by Crippen LogP contribution is -2.43. The van der Waals surface area contributed by atoms with Gasteiger partial charge >= 0.3 is 11.6 Å². The molecule has 2 N–H and O–H groups in total. The van der Waals surface area contributed by atoms with E-state index in [9.17, 15) is 19.2 Å². The van der Waals surface area contributed by atoms with Crippen molar-refractivity contribution in [3.8, 4) is 0 Å². The highest BCUT2D eigenvalue weighted by molar-refractivity contribution is 9.10. The quantitative estimate of drug-likeness (QED) is 0.468. The van der Waals surface area contributed by atoms with Crippen molar-refractivity contribution in [2.45, 2.75) is 32.7 Å². The summed E-state index contributed by atoms with van der Waals surface area (Å²) in [6.45, 7) is 4.00. The van der Waals surface area contributed by atoms with Crippen LogP contribution < -0.4 is 16.3 Å². The normalized spacial score (nSPS) is 11.7. The van der Waals surface area contributed by atoms with E-state index in [0.29, 0.717) is 17.5 Å². The molecule has 0 aliphatic carbocycles. The van der Waals surface area contributed by atoms with Crippen LogP contribution in [0.4, 0.5) is 0 Å². The predicted octanol–water partition coefficient (Wildman–Crippen LogP) is 2.13. The summed E-state index contributed by atoms with van der Waals surface area (Å²) < 4.78 is 10.9. The van der Waals surface area contributed by atoms with Crippen molar-refractivity contribution in [3.05, 3.63) is 44.7 Å². The first kappa shape index (κ1) is 21.6. The zero-order chi connectivity index (χ0) is 20.7. The molecule has 0 saturated heterocycles. The Bertz CT molecular complexity index is 940. The van der Waals surface area contributed by atoms with E-state index in [0.717, 1.165) is 4.47 Å². The van der Waals surface area contributed by atoms with Crippen LogP contribution in [0, 0.1) is 0 Å². The maximum absolute atomic E-state index is 12.6. The lowest BCUT2D eigenvalue weighted by Gasteiger charge is -2.17. The van der Waals surface area contributed by atoms with Crippen LogP contribution in [0.5, 0.6) is 0 Å². The molecule has 2 amide bonds. The van der Waals surface area contributed by atoms with Gasteiger partial charge in [0.1, 0.15) is 17.2 Å². The Morgan fingerprint density at radius 3 is 2.64 bits per heavy atom. The first-order chi connectivity index (χ1) is 13.3. The fourth-order valence-electron chi connectivity index (χ4n) is 2.54. The van der Waals surface area contributed by atoms with Gasteiger partial charge in [-0.05, 0) is 44.5 Å². The number of amides is 2. The minimum atomic E-state index is -1.06. The van der Waals surface area contributed by atoms with Gasteiger partial charge in [-0.1, -0.05) is 15.9 Å². The van der Waals surface area contributed by atoms with Gasteiger partial charge in [0.25, 0.3) is 5.91 Å². The van der Waals surface area contributed by atoms with Crippen molar-refractivity contribution in [2.24, 2.45) is 0 Å². The molecular weight excluding hydrogens is 432 g/mol. The molecule has 0 aliphatic heterocycles. The van der Waals surface area contributed by atoms with E-state index < -0.39 is 23.5 Å². The second kappa shape index (κ2) is 10.0. The highest BCUT2D eigenvalue weighted by Crippen LogP contribution is 2.19. The first-order valence-electron chi connectivity index (χ1n) is 8.83. The maximum Gasteiger partial charge on any atom is 0.349 e. The smallest absolute Gasteiger partial charge is 0.349 e. The summed E-state index contributed by atoms with van der Waals surface area (Å²) in [6, 6.07) is 5.35. The van der Waals surface area contributed by atoms with Gasteiger partial charge in [-0.3, -0.25) is 9.59 Å². The molecule has 150 valence electrons. The van der Waals surface area contributed by atoms with Gasteiger partial charge in [0.15, 0.2) is 0 Å². The third-order valence-corrected chi connectivity index (χ3v) is 4.34. The molecule has 0 bridgehead atoms. The van der Waals surface area contributed by atoms with Gasteiger partial charge in [-0.15, -0.1) is 0 Å². The molecule has 0 aliphatic rings. The molecule has 1 atom stereocenters. The number of nitrogens with one attached hydrogen (secondary N) is 2. The van der Waals surface area contributed by atoms with E-state index in [1.165, 1.54) is 6.07 Å². The van der Waals surface area contributed by atoms with E-state index in [2.05, 4.69) is 26.6 Å². The number of hydrogen-bond acceptors (Lipinski definition) is 6. The summed E-state index contributed by atoms with van der Waals surface area (Å²) in [6.07, 6.45) is 0.0672. The third kappa shape index (κ3) is 5.66. The fourth-order valence-corrected chi connectivity index (χ4v) is 2.92. The Hall–Kier alpha value is -2.68. The minimum Gasteiger partial charge on any atom is -0.464 e. The summed E-state index contributed by atoms with van der Waals surface area (Å²) in [4.78, 5) is 48.6. The summed E-state index contributed by atoms with van der Waals surface area (Å²) in [7, 11) is 0. The summed E-state index contributed by atoms with van der Waals surface area (Å²) in [5.74, 6) is -1.70. The number of carbonyl (C=O) groups is 3. The number of esters is 1. The van der Waals surface area contributed by atoms with Gasteiger partial charge in [0.05, 0.1) is 6.61 Å². The average Bonchev–Trinajstić information content (AvgIpc) is 2.65. The third-order valence-electron chi connectivity index (χ3n) is 3.85. The molecule has 0 fully saturated rings. The van der Waals surface area contributed by atoms with Gasteiger partial charge in [-0.25, -0.2) is 9.59 Å². The molecule has 1 aromatic carbocycles. The number of carbonyl (C=O) groups excluding carboxylic acids is 3. The number of hydrogen-bond donors (Lipinski definition) is 2. The maximum atomic E-state index is 12.6. The van der Waals surface area contributed by atoms with Crippen LogP contribution in [0.2, 0.25) is 0 Å². The second-order valence-corrected chi connectivity index (χ2v) is 6.82. The van der Waals surface area contributed by atoms with E-state index in [-0.39, 0.29) is 30.9 Å². The lowest BCUT2D eigenvalue weighted by atomic mass is 10.1. The van der Waals surface area contributed by atoms with Crippen LogP contribution in [-0.2, 0) is 14.3 Å². The highest BCUT2D eigenvalue weighted by atomic mass is 79.9. The standard InChI is InChI=1S/C19H21BrN2O6/c1-3-21-16(23)8-6-14(19(26)27-4-2)22-17(24)13-10-11-9-12(20)5-7-15(11)28-18(13)25/h5,7,9-10,14H,3-4,6,8H2,1-2H3,(H,21,23)(H,22,24). The van der Waals surface area contributed by atoms with Crippen molar-refractivity contribution in [3.63, 3.8) is 0 Å². The first-order valence-corrected chi connectivity index (χ1v) is 9.62. The topological polar surface area (TPSA) is 115 Å². The van der Waals surface area contributed by atoms with Gasteiger partial charge < -0.3 is 19.8 Å². The Morgan fingerprint density at radius 2 is 1.96 bits per heavy atom. The van der Waals surface area contributed by atoms with Crippen LogP contribution in [0.1, 0.15) is 37.0 Å². The molecule has 28 heavy (non-hydrogen) atoms. The molecule has 2 aromatic rings. The molecular formula is C19H21BrN2O6. The predicted molar refractivity (Wildman–Crippen MR) is 106 cm³/mol. The molecule has 1 unspecified atom stereocenters. The molecule has 0 saturated carbocycles. The van der Waals surface area contributed by atoms with Crippen molar-refractivity contribution in [1.29, 1.82) is 0 Å². The largest absolute Gasteiger partial charge is 0.464 e. The number of fused-ring (bicyclic) bond motifs is 1. The number of halogens is 1. The van der Waals surface area contributed by atoms with Crippen LogP contribution >= 0.6 is 15.9 Å². The van der Waals surface area contributed by atoms with Gasteiger partial charge in [0.2, 0.25) is 5.91 Å². The molecule has 0 spiro atoms. The van der Waals surface area contributed by atoms with Crippen molar-refractivity contribution in [1.82, 2.24) is 10.6 Å². The minimum absolute atomic E-state index is 0.0247. The Morgan fingerprint density at radius 1 is 1.21 bits per heavy atom. The Labute approximate surface area is 169 Å². The monoisotopic (exact) mass is 452 g/mol. The van der Waals surface area contributed by atoms with Gasteiger partial charge in [-0.2, -0.15) is 0 Å². The average molecular weight is 453 g/mol. The molecule has 9 heteroatoms. The zero-order valence-electron chi connectivity index (χ0n) is 15.5. The van der Waals surface area contributed by atoms with Crippen molar-refractivity contribution >= 4 is 44.7 Å². The summed E-state index contributed by atoms with van der Waals surface area (Å²) in [5.41, 5.74) is -0.723. The van der Waals surface area contributed by atoms with Crippen LogP contribution in [0.25, 0.3) is 11.0 Å². The molecule has 0 radical (unpaired) electrons. The molecule has 8 nitrogen and oxygen atoms in total. The Kier molecular flexibility index (Phi) is 7.74. The zero-order valence-corrected chi connectivity index (χ0v) is 17.1. The van der Waals surface area contributed by atoms with E-state index in [1.807, 2.05) is 0 Å². The second-order valence-electron chi connectivity index (χ2n) is 5.90. The number of rotatable bonds is 8. The van der Waals surface area contributed by atoms with Crippen molar-refractivity contribution < 1.29 is 23.5 Å². The fraction of sp³-hybridized carbons (Fsp3) is 0.368. The van der Waals surface area contributed by atoms with Gasteiger partial charge in [0, 0.05) is 22.8 Å². The Balaban J connectivity index is 2.22. The van der Waals surface area contributed by atoms with Crippen molar-refractivity contribution in [2.75, 3.05) is 13.2 Å². The number of benzene rings is 1. The summed E-state index contributed by atoms with van der Waals surface area (Å²) in [5, 5.41) is 5.64. The van der Waals surface area contributed by atoms with E-state index in [1.54, 1.807) is 32.0 Å². The highest BCUT2D eigenvalue weighted by Gasteiger charge is 2.25. The van der Waals surface area contributed by atoms with Crippen LogP contribution in [0.3, 0.4) is 0 Å². The SMILES string of the molecule is CCNC(=O)CCC(NC(=O)c1cc2cc(Br)ccc2oc1=O)C(=O)OCC.